The van der Waals surface area contributed by atoms with E-state index in [1.807, 2.05) is 25.0 Å². The normalized spacial score (nSPS) is 20.3. The van der Waals surface area contributed by atoms with Crippen LogP contribution in [0.4, 0.5) is 5.69 Å². The molecule has 26 heavy (non-hydrogen) atoms. The molecule has 0 spiro atoms. The number of hydrogen-bond acceptors (Lipinski definition) is 6. The quantitative estimate of drug-likeness (QED) is 0.762. The van der Waals surface area contributed by atoms with Gasteiger partial charge in [-0.1, -0.05) is 5.21 Å². The van der Waals surface area contributed by atoms with Gasteiger partial charge in [0.2, 0.25) is 0 Å². The third-order valence-electron chi connectivity index (χ3n) is 5.02. The Morgan fingerprint density at radius 2 is 1.81 bits per heavy atom. The maximum atomic E-state index is 6.00. The molecule has 1 aliphatic carbocycles. The van der Waals surface area contributed by atoms with Crippen LogP contribution in [0.15, 0.2) is 35.8 Å². The van der Waals surface area contributed by atoms with Crippen molar-refractivity contribution in [2.24, 2.45) is 5.73 Å². The average Bonchev–Trinajstić information content (AvgIpc) is 3.32. The van der Waals surface area contributed by atoms with Gasteiger partial charge in [-0.15, -0.1) is 16.4 Å². The molecule has 6 nitrogen and oxygen atoms in total. The number of rotatable bonds is 4. The highest BCUT2D eigenvalue weighted by molar-refractivity contribution is 7.13. The van der Waals surface area contributed by atoms with Crippen LogP contribution in [0, 0.1) is 0 Å². The van der Waals surface area contributed by atoms with E-state index in [-0.39, 0.29) is 0 Å². The first kappa shape index (κ1) is 17.2. The van der Waals surface area contributed by atoms with Crippen LogP contribution in [0.1, 0.15) is 31.7 Å². The van der Waals surface area contributed by atoms with E-state index < -0.39 is 0 Å². The summed E-state index contributed by atoms with van der Waals surface area (Å²) in [5, 5.41) is 11.7. The lowest BCUT2D eigenvalue weighted by Crippen LogP contribution is -2.28. The molecule has 2 heterocycles. The molecule has 1 aliphatic rings. The van der Waals surface area contributed by atoms with Gasteiger partial charge in [0.1, 0.15) is 16.4 Å². The fourth-order valence-corrected chi connectivity index (χ4v) is 4.18. The van der Waals surface area contributed by atoms with Crippen molar-refractivity contribution in [2.75, 3.05) is 19.0 Å². The third kappa shape index (κ3) is 3.50. The van der Waals surface area contributed by atoms with Crippen molar-refractivity contribution in [1.29, 1.82) is 0 Å². The van der Waals surface area contributed by atoms with Crippen molar-refractivity contribution in [1.82, 2.24) is 20.0 Å². The van der Waals surface area contributed by atoms with Crippen LogP contribution in [0.5, 0.6) is 0 Å². The molecule has 0 saturated heterocycles. The van der Waals surface area contributed by atoms with Crippen molar-refractivity contribution in [3.8, 4) is 22.0 Å². The Hall–Kier alpha value is -2.25. The number of nitrogens with zero attached hydrogens (tertiary/aromatic N) is 5. The molecule has 2 aromatic heterocycles. The number of nitrogens with two attached hydrogens (primary N) is 1. The van der Waals surface area contributed by atoms with Crippen molar-refractivity contribution in [3.63, 3.8) is 0 Å². The van der Waals surface area contributed by atoms with E-state index >= 15 is 0 Å². The molecule has 4 rings (SSSR count). The van der Waals surface area contributed by atoms with Crippen molar-refractivity contribution in [3.05, 3.63) is 35.8 Å². The highest BCUT2D eigenvalue weighted by Gasteiger charge is 2.21. The molecule has 1 saturated carbocycles. The van der Waals surface area contributed by atoms with Crippen LogP contribution < -0.4 is 10.6 Å². The summed E-state index contributed by atoms with van der Waals surface area (Å²) in [6.45, 7) is 0. The van der Waals surface area contributed by atoms with Gasteiger partial charge in [-0.05, 0) is 49.9 Å². The van der Waals surface area contributed by atoms with Crippen LogP contribution >= 0.6 is 11.3 Å². The van der Waals surface area contributed by atoms with Crippen LogP contribution in [-0.4, -0.2) is 40.1 Å². The Labute approximate surface area is 157 Å². The molecule has 0 bridgehead atoms. The van der Waals surface area contributed by atoms with Gasteiger partial charge < -0.3 is 10.6 Å². The Morgan fingerprint density at radius 1 is 1.08 bits per heavy atom. The lowest BCUT2D eigenvalue weighted by atomic mass is 9.92. The highest BCUT2D eigenvalue weighted by Crippen LogP contribution is 2.31. The molecule has 0 aliphatic heterocycles. The number of hydrogen-bond donors (Lipinski definition) is 1. The molecule has 3 aromatic rings. The Balaban J connectivity index is 1.51. The minimum absolute atomic E-state index is 0.342. The third-order valence-corrected chi connectivity index (χ3v) is 5.91. The molecule has 0 unspecified atom stereocenters. The van der Waals surface area contributed by atoms with Crippen LogP contribution in [0.25, 0.3) is 22.0 Å². The monoisotopic (exact) mass is 368 g/mol. The summed E-state index contributed by atoms with van der Waals surface area (Å²) in [6, 6.07) is 9.20. The standard InChI is InChI=1S/C19H24N6S/c1-24(2)15-7-3-13(4-8-15)19-21-18(12-26-19)17-11-25(23-22-17)16-9-5-14(20)6-10-16/h3-4,7-8,11-12,14,16H,5-6,9-10,20H2,1-2H3. The number of thiazole rings is 1. The zero-order valence-electron chi connectivity index (χ0n) is 15.2. The topological polar surface area (TPSA) is 72.9 Å². The van der Waals surface area contributed by atoms with E-state index in [1.165, 1.54) is 5.69 Å². The van der Waals surface area contributed by atoms with Gasteiger partial charge in [-0.2, -0.15) is 0 Å². The minimum Gasteiger partial charge on any atom is -0.378 e. The predicted octanol–water partition coefficient (Wildman–Crippen LogP) is 3.58. The van der Waals surface area contributed by atoms with E-state index in [0.717, 1.165) is 47.6 Å². The molecule has 1 fully saturated rings. The fraction of sp³-hybridized carbons (Fsp3) is 0.421. The zero-order chi connectivity index (χ0) is 18.1. The maximum absolute atomic E-state index is 6.00. The molecule has 0 amide bonds. The summed E-state index contributed by atoms with van der Waals surface area (Å²) < 4.78 is 1.99. The number of aromatic nitrogens is 4. The SMILES string of the molecule is CN(C)c1ccc(-c2nc(-c3cn(C4CCC(N)CC4)nn3)cs2)cc1. The zero-order valence-corrected chi connectivity index (χ0v) is 16.0. The van der Waals surface area contributed by atoms with Gasteiger partial charge in [0.05, 0.1) is 12.2 Å². The summed E-state index contributed by atoms with van der Waals surface area (Å²) in [7, 11) is 4.08. The summed E-state index contributed by atoms with van der Waals surface area (Å²) >= 11 is 1.64. The molecule has 0 atom stereocenters. The highest BCUT2D eigenvalue weighted by atomic mass is 32.1. The second-order valence-electron chi connectivity index (χ2n) is 7.13. The van der Waals surface area contributed by atoms with Gasteiger partial charge in [-0.3, -0.25) is 0 Å². The molecule has 7 heteroatoms. The second kappa shape index (κ2) is 7.17. The van der Waals surface area contributed by atoms with E-state index in [9.17, 15) is 0 Å². The number of benzene rings is 1. The predicted molar refractivity (Wildman–Crippen MR) is 106 cm³/mol. The minimum atomic E-state index is 0.342. The van der Waals surface area contributed by atoms with E-state index in [4.69, 9.17) is 10.7 Å². The second-order valence-corrected chi connectivity index (χ2v) is 7.99. The van der Waals surface area contributed by atoms with Crippen LogP contribution in [-0.2, 0) is 0 Å². The lowest BCUT2D eigenvalue weighted by Gasteiger charge is -2.25. The maximum Gasteiger partial charge on any atom is 0.132 e. The first-order valence-corrected chi connectivity index (χ1v) is 9.89. The van der Waals surface area contributed by atoms with Crippen molar-refractivity contribution < 1.29 is 0 Å². The van der Waals surface area contributed by atoms with Crippen LogP contribution in [0.3, 0.4) is 0 Å². The summed E-state index contributed by atoms with van der Waals surface area (Å²) in [5.74, 6) is 0. The summed E-state index contributed by atoms with van der Waals surface area (Å²) in [5.41, 5.74) is 10.0. The van der Waals surface area contributed by atoms with Gasteiger partial charge in [0.25, 0.3) is 0 Å². The number of anilines is 1. The lowest BCUT2D eigenvalue weighted by molar-refractivity contribution is 0.300. The molecule has 1 aromatic carbocycles. The first-order valence-electron chi connectivity index (χ1n) is 9.01. The molecule has 2 N–H and O–H groups in total. The summed E-state index contributed by atoms with van der Waals surface area (Å²) in [6.07, 6.45) is 6.29. The fourth-order valence-electron chi connectivity index (χ4n) is 3.36. The Morgan fingerprint density at radius 3 is 2.50 bits per heavy atom. The summed E-state index contributed by atoms with van der Waals surface area (Å²) in [4.78, 5) is 6.86. The van der Waals surface area contributed by atoms with Gasteiger partial charge in [-0.25, -0.2) is 9.67 Å². The van der Waals surface area contributed by atoms with Gasteiger partial charge >= 0.3 is 0 Å². The van der Waals surface area contributed by atoms with Gasteiger partial charge in [0, 0.05) is 36.8 Å². The van der Waals surface area contributed by atoms with E-state index in [2.05, 4.69) is 44.9 Å². The van der Waals surface area contributed by atoms with E-state index in [0.29, 0.717) is 12.1 Å². The smallest absolute Gasteiger partial charge is 0.132 e. The van der Waals surface area contributed by atoms with Crippen molar-refractivity contribution >= 4 is 17.0 Å². The van der Waals surface area contributed by atoms with Crippen LogP contribution in [0.2, 0.25) is 0 Å². The molecule has 136 valence electrons. The van der Waals surface area contributed by atoms with E-state index in [1.54, 1.807) is 11.3 Å². The first-order chi connectivity index (χ1) is 12.6. The Bertz CT molecular complexity index is 858. The average molecular weight is 369 g/mol. The van der Waals surface area contributed by atoms with Gasteiger partial charge in [0.15, 0.2) is 0 Å². The molecular weight excluding hydrogens is 344 g/mol. The Kier molecular flexibility index (Phi) is 4.74. The molecule has 0 radical (unpaired) electrons. The largest absolute Gasteiger partial charge is 0.378 e. The molecular formula is C19H24N6S. The van der Waals surface area contributed by atoms with Crippen molar-refractivity contribution in [2.45, 2.75) is 37.8 Å².